The van der Waals surface area contributed by atoms with Crippen molar-refractivity contribution in [1.29, 1.82) is 0 Å². The molecule has 0 fully saturated rings. The minimum absolute atomic E-state index is 0.238. The summed E-state index contributed by atoms with van der Waals surface area (Å²) in [5.74, 6) is 0. The van der Waals surface area contributed by atoms with Gasteiger partial charge in [-0.2, -0.15) is 0 Å². The molecule has 0 aliphatic heterocycles. The molecular weight excluding hydrogens is 436 g/mol. The molecular formula is C26H56O6Si. The van der Waals surface area contributed by atoms with E-state index in [0.29, 0.717) is 66.1 Å². The van der Waals surface area contributed by atoms with Crippen molar-refractivity contribution in [3.63, 3.8) is 0 Å². The quantitative estimate of drug-likeness (QED) is 0.111. The van der Waals surface area contributed by atoms with Crippen LogP contribution in [0.4, 0.5) is 0 Å². The van der Waals surface area contributed by atoms with E-state index in [4.69, 9.17) is 28.1 Å². The molecule has 0 amide bonds. The lowest BCUT2D eigenvalue weighted by Crippen LogP contribution is -2.41. The van der Waals surface area contributed by atoms with Crippen molar-refractivity contribution in [3.8, 4) is 0 Å². The highest BCUT2D eigenvalue weighted by Crippen LogP contribution is 2.36. The van der Waals surface area contributed by atoms with Gasteiger partial charge in [0.15, 0.2) is 8.32 Å². The smallest absolute Gasteiger partial charge is 0.192 e. The Balaban J connectivity index is 3.15. The Labute approximate surface area is 206 Å². The molecule has 0 aliphatic carbocycles. The second kappa shape index (κ2) is 22.4. The fraction of sp³-hybridized carbons (Fsp3) is 1.00. The van der Waals surface area contributed by atoms with Gasteiger partial charge in [-0.05, 0) is 24.6 Å². The molecule has 0 heterocycles. The number of hydrogen-bond donors (Lipinski definition) is 0. The number of unbranched alkanes of at least 4 members (excludes halogenated alkanes) is 7. The molecule has 200 valence electrons. The molecule has 0 bridgehead atoms. The predicted octanol–water partition coefficient (Wildman–Crippen LogP) is 6.23. The summed E-state index contributed by atoms with van der Waals surface area (Å²) in [5, 5.41) is 0.238. The van der Waals surface area contributed by atoms with Gasteiger partial charge in [-0.25, -0.2) is 0 Å². The lowest BCUT2D eigenvalue weighted by molar-refractivity contribution is -0.0131. The largest absolute Gasteiger partial charge is 0.414 e. The summed E-state index contributed by atoms with van der Waals surface area (Å²) in [7, 11) is -1.67. The van der Waals surface area contributed by atoms with E-state index in [-0.39, 0.29) is 5.04 Å². The van der Waals surface area contributed by atoms with Crippen molar-refractivity contribution < 1.29 is 28.1 Å². The monoisotopic (exact) mass is 492 g/mol. The minimum atomic E-state index is -1.67. The van der Waals surface area contributed by atoms with E-state index in [1.807, 2.05) is 0 Å². The number of rotatable bonds is 25. The molecule has 0 spiro atoms. The van der Waals surface area contributed by atoms with Crippen molar-refractivity contribution in [2.45, 2.75) is 97.2 Å². The maximum atomic E-state index is 6.07. The van der Waals surface area contributed by atoms with Crippen LogP contribution in [0, 0.1) is 0 Å². The lowest BCUT2D eigenvalue weighted by atomic mass is 10.1. The van der Waals surface area contributed by atoms with E-state index in [9.17, 15) is 0 Å². The van der Waals surface area contributed by atoms with Crippen LogP contribution < -0.4 is 0 Å². The highest BCUT2D eigenvalue weighted by atomic mass is 28.4. The first-order valence-electron chi connectivity index (χ1n) is 13.3. The van der Waals surface area contributed by atoms with Crippen LogP contribution >= 0.6 is 0 Å². The van der Waals surface area contributed by atoms with E-state index < -0.39 is 8.32 Å². The molecule has 0 aromatic heterocycles. The van der Waals surface area contributed by atoms with Crippen LogP contribution in [0.15, 0.2) is 0 Å². The summed E-state index contributed by atoms with van der Waals surface area (Å²) in [6, 6.07) is 0. The average Bonchev–Trinajstić information content (AvgIpc) is 2.76. The molecule has 6 nitrogen and oxygen atoms in total. The molecule has 0 rings (SSSR count). The van der Waals surface area contributed by atoms with Crippen molar-refractivity contribution in [2.75, 3.05) is 72.7 Å². The zero-order chi connectivity index (χ0) is 24.7. The van der Waals surface area contributed by atoms with Crippen molar-refractivity contribution in [2.24, 2.45) is 0 Å². The van der Waals surface area contributed by atoms with Crippen LogP contribution in [0.3, 0.4) is 0 Å². The van der Waals surface area contributed by atoms with Crippen molar-refractivity contribution in [3.05, 3.63) is 0 Å². The van der Waals surface area contributed by atoms with Crippen LogP contribution in [0.1, 0.15) is 79.1 Å². The Morgan fingerprint density at radius 2 is 0.788 bits per heavy atom. The molecule has 33 heavy (non-hydrogen) atoms. The average molecular weight is 493 g/mol. The van der Waals surface area contributed by atoms with E-state index >= 15 is 0 Å². The Bertz CT molecular complexity index is 401. The standard InChI is InChI=1S/C26H56O6Si/c1-7-8-9-10-11-12-13-14-15-27-16-17-28-18-19-29-20-21-30-22-23-31-24-25-32-33(5,6)26(2,3)4/h7-25H2,1-6H3. The minimum Gasteiger partial charge on any atom is -0.414 e. The topological polar surface area (TPSA) is 55.4 Å². The molecule has 0 saturated heterocycles. The van der Waals surface area contributed by atoms with Gasteiger partial charge in [0.1, 0.15) is 0 Å². The molecule has 0 saturated carbocycles. The Kier molecular flexibility index (Phi) is 22.4. The lowest BCUT2D eigenvalue weighted by Gasteiger charge is -2.36. The van der Waals surface area contributed by atoms with E-state index in [1.54, 1.807) is 0 Å². The maximum Gasteiger partial charge on any atom is 0.192 e. The zero-order valence-corrected chi connectivity index (χ0v) is 23.9. The second-order valence-electron chi connectivity index (χ2n) is 10.1. The Morgan fingerprint density at radius 3 is 1.18 bits per heavy atom. The molecule has 0 unspecified atom stereocenters. The van der Waals surface area contributed by atoms with Crippen LogP contribution in [0.2, 0.25) is 18.1 Å². The Hall–Kier alpha value is -0.0231. The van der Waals surface area contributed by atoms with Gasteiger partial charge in [0.05, 0.1) is 66.1 Å². The van der Waals surface area contributed by atoms with Crippen molar-refractivity contribution >= 4 is 8.32 Å². The summed E-state index contributed by atoms with van der Waals surface area (Å²) in [5.41, 5.74) is 0. The van der Waals surface area contributed by atoms with Gasteiger partial charge in [0.25, 0.3) is 0 Å². The van der Waals surface area contributed by atoms with Crippen LogP contribution in [-0.2, 0) is 28.1 Å². The second-order valence-corrected chi connectivity index (χ2v) is 15.0. The number of ether oxygens (including phenoxy) is 5. The highest BCUT2D eigenvalue weighted by Gasteiger charge is 2.36. The third kappa shape index (κ3) is 22.2. The molecule has 7 heteroatoms. The molecule has 0 aromatic rings. The van der Waals surface area contributed by atoms with Gasteiger partial charge in [-0.1, -0.05) is 72.6 Å². The first-order chi connectivity index (χ1) is 15.8. The molecule has 0 N–H and O–H groups in total. The molecule has 0 aliphatic rings. The fourth-order valence-corrected chi connectivity index (χ4v) is 3.92. The van der Waals surface area contributed by atoms with E-state index in [1.165, 1.54) is 44.9 Å². The summed E-state index contributed by atoms with van der Waals surface area (Å²) in [4.78, 5) is 0. The van der Waals surface area contributed by atoms with Crippen molar-refractivity contribution in [1.82, 2.24) is 0 Å². The first kappa shape index (κ1) is 33.0. The first-order valence-corrected chi connectivity index (χ1v) is 16.2. The normalized spacial score (nSPS) is 12.5. The predicted molar refractivity (Wildman–Crippen MR) is 140 cm³/mol. The summed E-state index contributed by atoms with van der Waals surface area (Å²) in [6.45, 7) is 20.4. The van der Waals surface area contributed by atoms with Gasteiger partial charge < -0.3 is 28.1 Å². The third-order valence-corrected chi connectivity index (χ3v) is 10.7. The van der Waals surface area contributed by atoms with Gasteiger partial charge in [0.2, 0.25) is 0 Å². The van der Waals surface area contributed by atoms with Crippen LogP contribution in [0.25, 0.3) is 0 Å². The summed E-state index contributed by atoms with van der Waals surface area (Å²) >= 11 is 0. The summed E-state index contributed by atoms with van der Waals surface area (Å²) < 4.78 is 33.8. The summed E-state index contributed by atoms with van der Waals surface area (Å²) in [6.07, 6.45) is 10.6. The third-order valence-electron chi connectivity index (χ3n) is 6.13. The fourth-order valence-electron chi connectivity index (χ4n) is 2.89. The SMILES string of the molecule is CCCCCCCCCCOCCOCCOCCOCCOCCO[Si](C)(C)C(C)(C)C. The molecule has 0 atom stereocenters. The van der Waals surface area contributed by atoms with Gasteiger partial charge in [-0.15, -0.1) is 0 Å². The molecule has 0 aromatic carbocycles. The van der Waals surface area contributed by atoms with Crippen LogP contribution in [0.5, 0.6) is 0 Å². The zero-order valence-electron chi connectivity index (χ0n) is 22.9. The van der Waals surface area contributed by atoms with Gasteiger partial charge in [-0.3, -0.25) is 0 Å². The Morgan fingerprint density at radius 1 is 0.455 bits per heavy atom. The molecule has 0 radical (unpaired) electrons. The maximum absolute atomic E-state index is 6.07. The van der Waals surface area contributed by atoms with Gasteiger partial charge in [0, 0.05) is 6.61 Å². The van der Waals surface area contributed by atoms with E-state index in [2.05, 4.69) is 40.8 Å². The van der Waals surface area contributed by atoms with Gasteiger partial charge >= 0.3 is 0 Å². The van der Waals surface area contributed by atoms with E-state index in [0.717, 1.165) is 13.0 Å². The van der Waals surface area contributed by atoms with Crippen LogP contribution in [-0.4, -0.2) is 81.0 Å². The highest BCUT2D eigenvalue weighted by molar-refractivity contribution is 6.74. The number of hydrogen-bond acceptors (Lipinski definition) is 6.